The highest BCUT2D eigenvalue weighted by atomic mass is 15.0. The third-order valence-electron chi connectivity index (χ3n) is 12.2. The zero-order valence-corrected chi connectivity index (χ0v) is 31.2. The van der Waals surface area contributed by atoms with Gasteiger partial charge in [0.15, 0.2) is 17.5 Å². The van der Waals surface area contributed by atoms with Crippen LogP contribution in [-0.2, 0) is 10.8 Å². The number of nitrogens with zero attached hydrogens (tertiary/aromatic N) is 3. The van der Waals surface area contributed by atoms with Gasteiger partial charge in [0.2, 0.25) is 0 Å². The highest BCUT2D eigenvalue weighted by molar-refractivity contribution is 5.96. The molecule has 3 heteroatoms. The van der Waals surface area contributed by atoms with Crippen molar-refractivity contribution in [1.82, 2.24) is 15.0 Å². The molecule has 0 spiro atoms. The molecule has 2 aliphatic rings. The third-order valence-corrected chi connectivity index (χ3v) is 12.2. The average molecular weight is 716 g/mol. The van der Waals surface area contributed by atoms with Gasteiger partial charge in [-0.1, -0.05) is 184 Å². The van der Waals surface area contributed by atoms with Crippen LogP contribution >= 0.6 is 0 Å². The summed E-state index contributed by atoms with van der Waals surface area (Å²) in [5, 5.41) is 2.51. The third kappa shape index (κ3) is 4.74. The van der Waals surface area contributed by atoms with Crippen LogP contribution in [0, 0.1) is 0 Å². The van der Waals surface area contributed by atoms with E-state index in [0.29, 0.717) is 17.5 Å². The second-order valence-corrected chi connectivity index (χ2v) is 15.6. The van der Waals surface area contributed by atoms with Crippen molar-refractivity contribution in [1.29, 1.82) is 0 Å². The number of aromatic nitrogens is 3. The molecule has 1 unspecified atom stereocenters. The molecule has 8 aromatic carbocycles. The molecule has 0 bridgehead atoms. The van der Waals surface area contributed by atoms with Crippen LogP contribution in [0.4, 0.5) is 0 Å². The lowest BCUT2D eigenvalue weighted by molar-refractivity contribution is 0.656. The summed E-state index contributed by atoms with van der Waals surface area (Å²) in [5.74, 6) is 2.00. The smallest absolute Gasteiger partial charge is 0.164 e. The molecular weight excluding hydrogens is 679 g/mol. The van der Waals surface area contributed by atoms with Gasteiger partial charge in [0.1, 0.15) is 0 Å². The first-order valence-electron chi connectivity index (χ1n) is 19.4. The van der Waals surface area contributed by atoms with Crippen molar-refractivity contribution in [3.05, 3.63) is 221 Å². The van der Waals surface area contributed by atoms with Crippen molar-refractivity contribution in [2.75, 3.05) is 0 Å². The van der Waals surface area contributed by atoms with Gasteiger partial charge in [-0.2, -0.15) is 0 Å². The minimum absolute atomic E-state index is 0.281. The number of hydrogen-bond donors (Lipinski definition) is 0. The molecule has 1 atom stereocenters. The van der Waals surface area contributed by atoms with Gasteiger partial charge in [0.25, 0.3) is 0 Å². The van der Waals surface area contributed by atoms with Gasteiger partial charge in [-0.25, -0.2) is 15.0 Å². The van der Waals surface area contributed by atoms with Crippen LogP contribution in [0.5, 0.6) is 0 Å². The summed E-state index contributed by atoms with van der Waals surface area (Å²) < 4.78 is 0. The van der Waals surface area contributed by atoms with E-state index in [0.717, 1.165) is 16.7 Å². The molecule has 264 valence electrons. The Balaban J connectivity index is 1.09. The van der Waals surface area contributed by atoms with E-state index in [-0.39, 0.29) is 5.41 Å². The SMILES string of the molecule is CC1(C)c2cc(-c3nc(-c4ccccc4)nc(-c4ccccc4)n3)ccc2-c2ccc(C3(c4ccccc4)c4ccccc4-c4cc5ccccc5cc43)cc21. The van der Waals surface area contributed by atoms with Crippen LogP contribution < -0.4 is 0 Å². The topological polar surface area (TPSA) is 38.7 Å². The first kappa shape index (κ1) is 32.5. The highest BCUT2D eigenvalue weighted by Crippen LogP contribution is 2.59. The lowest BCUT2D eigenvalue weighted by atomic mass is 9.66. The predicted octanol–water partition coefficient (Wildman–Crippen LogP) is 12.7. The minimum Gasteiger partial charge on any atom is -0.208 e. The Labute approximate surface area is 327 Å². The molecule has 1 aromatic heterocycles. The van der Waals surface area contributed by atoms with Crippen molar-refractivity contribution in [3.63, 3.8) is 0 Å². The fraction of sp³-hybridized carbons (Fsp3) is 0.0755. The second-order valence-electron chi connectivity index (χ2n) is 15.6. The largest absolute Gasteiger partial charge is 0.208 e. The molecular formula is C53H37N3. The van der Waals surface area contributed by atoms with E-state index in [1.807, 2.05) is 36.4 Å². The highest BCUT2D eigenvalue weighted by Gasteiger charge is 2.47. The molecule has 9 aromatic rings. The van der Waals surface area contributed by atoms with E-state index in [9.17, 15) is 0 Å². The number of benzene rings is 8. The molecule has 1 heterocycles. The summed E-state index contributed by atoms with van der Waals surface area (Å²) in [6, 6.07) is 68.1. The van der Waals surface area contributed by atoms with Crippen molar-refractivity contribution in [2.24, 2.45) is 0 Å². The van der Waals surface area contributed by atoms with Crippen molar-refractivity contribution >= 4 is 10.8 Å². The van der Waals surface area contributed by atoms with Crippen molar-refractivity contribution < 1.29 is 0 Å². The van der Waals surface area contributed by atoms with E-state index in [4.69, 9.17) is 15.0 Å². The standard InChI is InChI=1S/C53H37N3/c1-52(2)46-32-38(51-55-49(34-16-6-3-7-17-34)54-50(56-51)35-18-8-4-9-19-35)26-28-42(46)43-29-27-40(33-47(43)52)53(39-22-10-5-11-23-39)45-25-15-14-24-41(45)44-30-36-20-12-13-21-37(36)31-48(44)53/h3-33H,1-2H3. The van der Waals surface area contributed by atoms with Gasteiger partial charge in [0, 0.05) is 22.1 Å². The van der Waals surface area contributed by atoms with Gasteiger partial charge >= 0.3 is 0 Å². The molecule has 11 rings (SSSR count). The Morgan fingerprint density at radius 3 is 1.48 bits per heavy atom. The molecule has 3 nitrogen and oxygen atoms in total. The van der Waals surface area contributed by atoms with E-state index in [1.54, 1.807) is 0 Å². The zero-order chi connectivity index (χ0) is 37.4. The number of fused-ring (bicyclic) bond motifs is 7. The maximum absolute atomic E-state index is 5.07. The monoisotopic (exact) mass is 715 g/mol. The Kier molecular flexibility index (Phi) is 7.11. The predicted molar refractivity (Wildman–Crippen MR) is 229 cm³/mol. The van der Waals surface area contributed by atoms with Gasteiger partial charge in [-0.3, -0.25) is 0 Å². The van der Waals surface area contributed by atoms with Crippen LogP contribution in [0.25, 0.3) is 67.2 Å². The Bertz CT molecular complexity index is 2930. The average Bonchev–Trinajstić information content (AvgIpc) is 3.68. The Hall–Kier alpha value is -6.97. The molecule has 0 aliphatic heterocycles. The van der Waals surface area contributed by atoms with E-state index >= 15 is 0 Å². The summed E-state index contributed by atoms with van der Waals surface area (Å²) >= 11 is 0. The first-order chi connectivity index (χ1) is 27.5. The molecule has 2 aliphatic carbocycles. The van der Waals surface area contributed by atoms with Crippen molar-refractivity contribution in [3.8, 4) is 56.4 Å². The van der Waals surface area contributed by atoms with Crippen LogP contribution in [0.15, 0.2) is 188 Å². The Morgan fingerprint density at radius 2 is 0.821 bits per heavy atom. The van der Waals surface area contributed by atoms with E-state index in [1.165, 1.54) is 66.4 Å². The molecule has 0 N–H and O–H groups in total. The first-order valence-corrected chi connectivity index (χ1v) is 19.4. The molecule has 0 amide bonds. The van der Waals surface area contributed by atoms with Crippen molar-refractivity contribution in [2.45, 2.75) is 24.7 Å². The fourth-order valence-corrected chi connectivity index (χ4v) is 9.49. The normalized spacial score (nSPS) is 15.9. The van der Waals surface area contributed by atoms with Crippen LogP contribution in [0.3, 0.4) is 0 Å². The molecule has 0 radical (unpaired) electrons. The van der Waals surface area contributed by atoms with Gasteiger partial charge in [-0.15, -0.1) is 0 Å². The van der Waals surface area contributed by atoms with E-state index < -0.39 is 5.41 Å². The minimum atomic E-state index is -0.491. The zero-order valence-electron chi connectivity index (χ0n) is 31.2. The van der Waals surface area contributed by atoms with Gasteiger partial charge < -0.3 is 0 Å². The lowest BCUT2D eigenvalue weighted by Gasteiger charge is -2.35. The lowest BCUT2D eigenvalue weighted by Crippen LogP contribution is -2.29. The number of rotatable bonds is 5. The summed E-state index contributed by atoms with van der Waals surface area (Å²) in [4.78, 5) is 15.1. The summed E-state index contributed by atoms with van der Waals surface area (Å²) in [5.41, 5.74) is 15.1. The van der Waals surface area contributed by atoms with E-state index in [2.05, 4.69) is 166 Å². The number of hydrogen-bond acceptors (Lipinski definition) is 3. The summed E-state index contributed by atoms with van der Waals surface area (Å²) in [6.45, 7) is 4.73. The van der Waals surface area contributed by atoms with Gasteiger partial charge in [-0.05, 0) is 84.6 Å². The van der Waals surface area contributed by atoms with Gasteiger partial charge in [0.05, 0.1) is 5.41 Å². The van der Waals surface area contributed by atoms with Crippen LogP contribution in [0.1, 0.15) is 47.2 Å². The molecule has 56 heavy (non-hydrogen) atoms. The fourth-order valence-electron chi connectivity index (χ4n) is 9.49. The molecule has 0 saturated carbocycles. The molecule has 0 saturated heterocycles. The van der Waals surface area contributed by atoms with Crippen LogP contribution in [-0.4, -0.2) is 15.0 Å². The summed E-state index contributed by atoms with van der Waals surface area (Å²) in [6.07, 6.45) is 0. The Morgan fingerprint density at radius 1 is 0.321 bits per heavy atom. The van der Waals surface area contributed by atoms with Crippen LogP contribution in [0.2, 0.25) is 0 Å². The molecule has 0 fully saturated rings. The quantitative estimate of drug-likeness (QED) is 0.178. The maximum Gasteiger partial charge on any atom is 0.164 e. The summed E-state index contributed by atoms with van der Waals surface area (Å²) in [7, 11) is 0. The maximum atomic E-state index is 5.07. The second kappa shape index (κ2) is 12.3.